The zero-order valence-corrected chi connectivity index (χ0v) is 18.7. The Hall–Kier alpha value is -3.39. The van der Waals surface area contributed by atoms with E-state index in [1.165, 1.54) is 32.5 Å². The van der Waals surface area contributed by atoms with Crippen LogP contribution in [0, 0.1) is 0 Å². The van der Waals surface area contributed by atoms with Crippen LogP contribution >= 0.6 is 11.3 Å². The minimum atomic E-state index is -0.534. The molecule has 0 aliphatic heterocycles. The van der Waals surface area contributed by atoms with Crippen molar-refractivity contribution >= 4 is 34.0 Å². The number of hydrogen-bond donors (Lipinski definition) is 0. The van der Waals surface area contributed by atoms with E-state index in [-0.39, 0.29) is 12.5 Å². The maximum absolute atomic E-state index is 12.5. The highest BCUT2D eigenvalue weighted by atomic mass is 32.1. The predicted octanol–water partition coefficient (Wildman–Crippen LogP) is 4.76. The van der Waals surface area contributed by atoms with Gasteiger partial charge in [0, 0.05) is 18.4 Å². The van der Waals surface area contributed by atoms with Crippen molar-refractivity contribution < 1.29 is 23.8 Å². The molecule has 1 aromatic heterocycles. The van der Waals surface area contributed by atoms with Gasteiger partial charge in [0.05, 0.1) is 25.6 Å². The van der Waals surface area contributed by atoms with Gasteiger partial charge in [-0.3, -0.25) is 9.69 Å². The largest absolute Gasteiger partial charge is 0.497 e. The SMILES string of the molecule is CCc1ccccc1N(C(C)=O)c1nc(COC(=O)c2ccc(OC)cc2OC)cs1. The van der Waals surface area contributed by atoms with Gasteiger partial charge in [-0.25, -0.2) is 9.78 Å². The molecule has 0 aliphatic rings. The number of esters is 1. The topological polar surface area (TPSA) is 78.0 Å². The lowest BCUT2D eigenvalue weighted by atomic mass is 10.1. The van der Waals surface area contributed by atoms with Gasteiger partial charge in [-0.2, -0.15) is 0 Å². The van der Waals surface area contributed by atoms with Crippen molar-refractivity contribution in [2.45, 2.75) is 26.9 Å². The average molecular weight is 441 g/mol. The number of aromatic nitrogens is 1. The van der Waals surface area contributed by atoms with E-state index in [2.05, 4.69) is 4.98 Å². The molecule has 8 heteroatoms. The number of benzene rings is 2. The number of anilines is 2. The van der Waals surface area contributed by atoms with E-state index in [9.17, 15) is 9.59 Å². The van der Waals surface area contributed by atoms with Gasteiger partial charge in [0.1, 0.15) is 23.7 Å². The molecule has 7 nitrogen and oxygen atoms in total. The summed E-state index contributed by atoms with van der Waals surface area (Å²) in [5, 5.41) is 2.31. The summed E-state index contributed by atoms with van der Waals surface area (Å²) in [4.78, 5) is 31.0. The second-order valence-electron chi connectivity index (χ2n) is 6.60. The van der Waals surface area contributed by atoms with Crippen molar-refractivity contribution in [2.75, 3.05) is 19.1 Å². The van der Waals surface area contributed by atoms with Crippen molar-refractivity contribution in [2.24, 2.45) is 0 Å². The summed E-state index contributed by atoms with van der Waals surface area (Å²) in [7, 11) is 3.01. The van der Waals surface area contributed by atoms with Crippen LogP contribution in [0.15, 0.2) is 47.8 Å². The number of carbonyl (C=O) groups excluding carboxylic acids is 2. The number of nitrogens with zero attached hydrogens (tertiary/aromatic N) is 2. The van der Waals surface area contributed by atoms with Crippen LogP contribution in [0.1, 0.15) is 35.5 Å². The van der Waals surface area contributed by atoms with Crippen molar-refractivity contribution in [3.63, 3.8) is 0 Å². The highest BCUT2D eigenvalue weighted by Crippen LogP contribution is 2.32. The minimum Gasteiger partial charge on any atom is -0.497 e. The number of thiazole rings is 1. The normalized spacial score (nSPS) is 10.5. The van der Waals surface area contributed by atoms with Gasteiger partial charge in [-0.1, -0.05) is 25.1 Å². The van der Waals surface area contributed by atoms with Gasteiger partial charge in [-0.05, 0) is 30.2 Å². The fraction of sp³-hybridized carbons (Fsp3) is 0.261. The Morgan fingerprint density at radius 3 is 2.55 bits per heavy atom. The molecule has 0 N–H and O–H groups in total. The summed E-state index contributed by atoms with van der Waals surface area (Å²) in [6, 6.07) is 12.6. The van der Waals surface area contributed by atoms with Crippen LogP contribution in [-0.2, 0) is 22.6 Å². The quantitative estimate of drug-likeness (QED) is 0.470. The van der Waals surface area contributed by atoms with Crippen molar-refractivity contribution in [3.8, 4) is 11.5 Å². The third-order valence-electron chi connectivity index (χ3n) is 4.64. The molecule has 1 heterocycles. The summed E-state index contributed by atoms with van der Waals surface area (Å²) < 4.78 is 15.8. The van der Waals surface area contributed by atoms with Gasteiger partial charge in [0.25, 0.3) is 0 Å². The van der Waals surface area contributed by atoms with Gasteiger partial charge in [-0.15, -0.1) is 11.3 Å². The Balaban J connectivity index is 1.76. The fourth-order valence-electron chi connectivity index (χ4n) is 3.08. The Morgan fingerprint density at radius 1 is 1.10 bits per heavy atom. The minimum absolute atomic E-state index is 0.0221. The predicted molar refractivity (Wildman–Crippen MR) is 119 cm³/mol. The Labute approximate surface area is 185 Å². The molecule has 3 rings (SSSR count). The van der Waals surface area contributed by atoms with Crippen molar-refractivity contribution in [3.05, 3.63) is 64.7 Å². The molecule has 1 amide bonds. The van der Waals surface area contributed by atoms with E-state index in [0.717, 1.165) is 17.7 Å². The molecule has 0 unspecified atom stereocenters. The first-order chi connectivity index (χ1) is 15.0. The van der Waals surface area contributed by atoms with E-state index in [1.54, 1.807) is 28.5 Å². The van der Waals surface area contributed by atoms with Gasteiger partial charge < -0.3 is 14.2 Å². The number of para-hydroxylation sites is 1. The van der Waals surface area contributed by atoms with E-state index in [4.69, 9.17) is 14.2 Å². The number of hydrogen-bond acceptors (Lipinski definition) is 7. The maximum Gasteiger partial charge on any atom is 0.342 e. The van der Waals surface area contributed by atoms with Gasteiger partial charge in [0.15, 0.2) is 5.13 Å². The Kier molecular flexibility index (Phi) is 7.25. The molecule has 2 aromatic carbocycles. The number of rotatable bonds is 8. The van der Waals surface area contributed by atoms with Crippen LogP contribution in [0.5, 0.6) is 11.5 Å². The van der Waals surface area contributed by atoms with Crippen molar-refractivity contribution in [1.29, 1.82) is 0 Å². The number of carbonyl (C=O) groups is 2. The molecule has 3 aromatic rings. The number of amides is 1. The van der Waals surface area contributed by atoms with E-state index in [0.29, 0.717) is 27.9 Å². The number of methoxy groups -OCH3 is 2. The first-order valence-corrected chi connectivity index (χ1v) is 10.6. The van der Waals surface area contributed by atoms with Crippen LogP contribution in [0.2, 0.25) is 0 Å². The second kappa shape index (κ2) is 10.1. The number of aryl methyl sites for hydroxylation is 1. The highest BCUT2D eigenvalue weighted by Gasteiger charge is 2.21. The van der Waals surface area contributed by atoms with Crippen LogP contribution in [0.25, 0.3) is 0 Å². The second-order valence-corrected chi connectivity index (χ2v) is 7.44. The zero-order chi connectivity index (χ0) is 22.4. The summed E-state index contributed by atoms with van der Waals surface area (Å²) in [6.45, 7) is 3.52. The molecule has 0 aliphatic carbocycles. The summed E-state index contributed by atoms with van der Waals surface area (Å²) in [6.07, 6.45) is 0.791. The maximum atomic E-state index is 12.5. The Bertz CT molecular complexity index is 1080. The zero-order valence-electron chi connectivity index (χ0n) is 17.9. The average Bonchev–Trinajstić information content (AvgIpc) is 3.25. The first kappa shape index (κ1) is 22.3. The smallest absolute Gasteiger partial charge is 0.342 e. The van der Waals surface area contributed by atoms with E-state index >= 15 is 0 Å². The molecular weight excluding hydrogens is 416 g/mol. The van der Waals surface area contributed by atoms with Crippen LogP contribution in [-0.4, -0.2) is 31.1 Å². The first-order valence-electron chi connectivity index (χ1n) is 9.70. The lowest BCUT2D eigenvalue weighted by Gasteiger charge is -2.20. The summed E-state index contributed by atoms with van der Waals surface area (Å²) in [5.41, 5.74) is 2.70. The molecule has 0 fully saturated rings. The molecule has 0 atom stereocenters. The fourth-order valence-corrected chi connectivity index (χ4v) is 3.95. The lowest BCUT2D eigenvalue weighted by molar-refractivity contribution is -0.115. The number of ether oxygens (including phenoxy) is 3. The molecule has 31 heavy (non-hydrogen) atoms. The molecule has 0 saturated carbocycles. The van der Waals surface area contributed by atoms with Crippen LogP contribution < -0.4 is 14.4 Å². The standard InChI is InChI=1S/C23H24N2O5S/c1-5-16-8-6-7-9-20(16)25(15(2)26)23-24-17(14-31-23)13-30-22(27)19-11-10-18(28-3)12-21(19)29-4/h6-12,14H,5,13H2,1-4H3. The summed E-state index contributed by atoms with van der Waals surface area (Å²) >= 11 is 1.32. The molecule has 0 saturated heterocycles. The Morgan fingerprint density at radius 2 is 1.87 bits per heavy atom. The van der Waals surface area contributed by atoms with Crippen molar-refractivity contribution in [1.82, 2.24) is 4.98 Å². The van der Waals surface area contributed by atoms with Crippen LogP contribution in [0.4, 0.5) is 10.8 Å². The lowest BCUT2D eigenvalue weighted by Crippen LogP contribution is -2.23. The van der Waals surface area contributed by atoms with E-state index in [1.807, 2.05) is 31.2 Å². The van der Waals surface area contributed by atoms with E-state index < -0.39 is 5.97 Å². The molecule has 162 valence electrons. The molecular formula is C23H24N2O5S. The third kappa shape index (κ3) is 5.03. The van der Waals surface area contributed by atoms with Gasteiger partial charge in [0.2, 0.25) is 5.91 Å². The monoisotopic (exact) mass is 440 g/mol. The molecule has 0 spiro atoms. The highest BCUT2D eigenvalue weighted by molar-refractivity contribution is 7.14. The molecule has 0 radical (unpaired) electrons. The van der Waals surface area contributed by atoms with Crippen LogP contribution in [0.3, 0.4) is 0 Å². The summed E-state index contributed by atoms with van der Waals surface area (Å²) in [5.74, 6) is 0.270. The van der Waals surface area contributed by atoms with Gasteiger partial charge >= 0.3 is 5.97 Å². The third-order valence-corrected chi connectivity index (χ3v) is 5.51. The molecule has 0 bridgehead atoms.